The second-order valence-corrected chi connectivity index (χ2v) is 6.97. The molecule has 0 aliphatic carbocycles. The lowest BCUT2D eigenvalue weighted by atomic mass is 10.2. The molecule has 0 aliphatic rings. The molecule has 0 aliphatic heterocycles. The van der Waals surface area contributed by atoms with Gasteiger partial charge in [-0.1, -0.05) is 12.1 Å². The summed E-state index contributed by atoms with van der Waals surface area (Å²) >= 11 is 1.65. The van der Waals surface area contributed by atoms with Crippen molar-refractivity contribution in [2.75, 3.05) is 5.32 Å². The van der Waals surface area contributed by atoms with Gasteiger partial charge in [0.15, 0.2) is 0 Å². The number of nitrogens with zero attached hydrogens (tertiary/aromatic N) is 4. The maximum Gasteiger partial charge on any atom is 0.253 e. The number of fused-ring (bicyclic) bond motifs is 1. The first kappa shape index (κ1) is 15.7. The minimum Gasteiger partial charge on any atom is -0.365 e. The van der Waals surface area contributed by atoms with Crippen molar-refractivity contribution in [3.8, 4) is 5.95 Å². The molecular weight excluding hydrogens is 337 g/mol. The Morgan fingerprint density at radius 1 is 1.16 bits per heavy atom. The number of thiophene rings is 1. The maximum atomic E-state index is 13.1. The Morgan fingerprint density at radius 2 is 1.96 bits per heavy atom. The molecule has 25 heavy (non-hydrogen) atoms. The number of nitrogens with one attached hydrogen (secondary N) is 1. The van der Waals surface area contributed by atoms with E-state index in [4.69, 9.17) is 0 Å². The van der Waals surface area contributed by atoms with Gasteiger partial charge in [-0.2, -0.15) is 15.1 Å². The molecule has 5 nitrogen and oxygen atoms in total. The van der Waals surface area contributed by atoms with Crippen LogP contribution in [0.3, 0.4) is 0 Å². The number of benzene rings is 1. The average Bonchev–Trinajstić information content (AvgIpc) is 3.23. The molecule has 4 aromatic rings. The van der Waals surface area contributed by atoms with E-state index in [1.807, 2.05) is 12.3 Å². The van der Waals surface area contributed by atoms with Crippen LogP contribution in [0.15, 0.2) is 42.7 Å². The molecule has 3 heterocycles. The lowest BCUT2D eigenvalue weighted by Gasteiger charge is -2.10. The Bertz CT molecular complexity index is 1020. The van der Waals surface area contributed by atoms with E-state index in [1.54, 1.807) is 34.3 Å². The second kappa shape index (κ2) is 6.25. The number of hydrogen-bond acceptors (Lipinski definition) is 5. The highest BCUT2D eigenvalue weighted by molar-refractivity contribution is 7.18. The van der Waals surface area contributed by atoms with Crippen LogP contribution in [0.25, 0.3) is 16.2 Å². The molecule has 0 atom stereocenters. The third-order valence-corrected chi connectivity index (χ3v) is 5.20. The van der Waals surface area contributed by atoms with E-state index in [1.165, 1.54) is 22.6 Å². The summed E-state index contributed by atoms with van der Waals surface area (Å²) in [5, 5.41) is 8.62. The summed E-state index contributed by atoms with van der Waals surface area (Å²) in [6.45, 7) is 4.71. The molecular formula is C18H16FN5S. The fourth-order valence-electron chi connectivity index (χ4n) is 2.64. The molecule has 1 aromatic carbocycles. The van der Waals surface area contributed by atoms with Crippen LogP contribution in [-0.4, -0.2) is 19.7 Å². The van der Waals surface area contributed by atoms with Crippen LogP contribution in [0.2, 0.25) is 0 Å². The van der Waals surface area contributed by atoms with Gasteiger partial charge >= 0.3 is 0 Å². The zero-order valence-corrected chi connectivity index (χ0v) is 14.6. The molecule has 0 saturated carbocycles. The molecule has 0 amide bonds. The molecule has 3 aromatic heterocycles. The zero-order chi connectivity index (χ0) is 17.4. The van der Waals surface area contributed by atoms with Crippen LogP contribution in [0.4, 0.5) is 10.2 Å². The third kappa shape index (κ3) is 2.98. The van der Waals surface area contributed by atoms with E-state index >= 15 is 0 Å². The first-order valence-electron chi connectivity index (χ1n) is 7.88. The van der Waals surface area contributed by atoms with Crippen LogP contribution in [0.5, 0.6) is 0 Å². The van der Waals surface area contributed by atoms with Crippen molar-refractivity contribution in [1.29, 1.82) is 0 Å². The second-order valence-electron chi connectivity index (χ2n) is 5.77. The Hall–Kier alpha value is -2.80. The standard InChI is InChI=1S/C18H16FN5S/c1-11-12(2)25-17-15(11)16(20-10-13-4-6-14(19)7-5-13)22-18(23-17)24-9-3-8-21-24/h3-9H,10H2,1-2H3,(H,20,22,23). The van der Waals surface area contributed by atoms with Crippen molar-refractivity contribution in [2.45, 2.75) is 20.4 Å². The van der Waals surface area contributed by atoms with Crippen LogP contribution in [0.1, 0.15) is 16.0 Å². The molecule has 0 spiro atoms. The summed E-state index contributed by atoms with van der Waals surface area (Å²) in [5.74, 6) is 1.06. The Kier molecular flexibility index (Phi) is 3.93. The first-order chi connectivity index (χ1) is 12.1. The van der Waals surface area contributed by atoms with Crippen molar-refractivity contribution in [3.63, 3.8) is 0 Å². The van der Waals surface area contributed by atoms with Gasteiger partial charge in [0.25, 0.3) is 5.95 Å². The highest BCUT2D eigenvalue weighted by Crippen LogP contribution is 2.33. The normalized spacial score (nSPS) is 11.2. The van der Waals surface area contributed by atoms with Gasteiger partial charge in [-0.25, -0.2) is 9.07 Å². The van der Waals surface area contributed by atoms with Crippen molar-refractivity contribution in [2.24, 2.45) is 0 Å². The fraction of sp³-hybridized carbons (Fsp3) is 0.167. The lowest BCUT2D eigenvalue weighted by molar-refractivity contribution is 0.627. The number of aryl methyl sites for hydroxylation is 2. The fourth-order valence-corrected chi connectivity index (χ4v) is 3.67. The van der Waals surface area contributed by atoms with E-state index in [2.05, 4.69) is 34.2 Å². The van der Waals surface area contributed by atoms with Crippen molar-refractivity contribution < 1.29 is 4.39 Å². The first-order valence-corrected chi connectivity index (χ1v) is 8.69. The van der Waals surface area contributed by atoms with Gasteiger partial charge in [0.1, 0.15) is 16.5 Å². The van der Waals surface area contributed by atoms with Gasteiger partial charge in [-0.05, 0) is 43.2 Å². The molecule has 126 valence electrons. The lowest BCUT2D eigenvalue weighted by Crippen LogP contribution is -2.07. The summed E-state index contributed by atoms with van der Waals surface area (Å²) in [6.07, 6.45) is 3.52. The minimum atomic E-state index is -0.238. The summed E-state index contributed by atoms with van der Waals surface area (Å²) in [7, 11) is 0. The van der Waals surface area contributed by atoms with Crippen LogP contribution < -0.4 is 5.32 Å². The smallest absolute Gasteiger partial charge is 0.253 e. The zero-order valence-electron chi connectivity index (χ0n) is 13.8. The molecule has 1 N–H and O–H groups in total. The van der Waals surface area contributed by atoms with Crippen LogP contribution >= 0.6 is 11.3 Å². The van der Waals surface area contributed by atoms with Gasteiger partial charge in [0.2, 0.25) is 0 Å². The number of anilines is 1. The van der Waals surface area contributed by atoms with Gasteiger partial charge in [0, 0.05) is 23.8 Å². The largest absolute Gasteiger partial charge is 0.365 e. The summed E-state index contributed by atoms with van der Waals surface area (Å²) in [6, 6.07) is 8.29. The van der Waals surface area contributed by atoms with Crippen molar-refractivity contribution in [1.82, 2.24) is 19.7 Å². The van der Waals surface area contributed by atoms with Gasteiger partial charge in [-0.15, -0.1) is 11.3 Å². The van der Waals surface area contributed by atoms with Gasteiger partial charge in [-0.3, -0.25) is 0 Å². The molecule has 4 rings (SSSR count). The minimum absolute atomic E-state index is 0.238. The highest BCUT2D eigenvalue weighted by Gasteiger charge is 2.15. The van der Waals surface area contributed by atoms with E-state index in [0.717, 1.165) is 21.6 Å². The van der Waals surface area contributed by atoms with Gasteiger partial charge in [0.05, 0.1) is 5.39 Å². The van der Waals surface area contributed by atoms with Crippen molar-refractivity contribution >= 4 is 27.4 Å². The predicted octanol–water partition coefficient (Wildman–Crippen LogP) is 4.25. The third-order valence-electron chi connectivity index (χ3n) is 4.10. The van der Waals surface area contributed by atoms with E-state index < -0.39 is 0 Å². The van der Waals surface area contributed by atoms with Crippen molar-refractivity contribution in [3.05, 3.63) is 64.5 Å². The Balaban J connectivity index is 1.76. The quantitative estimate of drug-likeness (QED) is 0.596. The van der Waals surface area contributed by atoms with E-state index in [9.17, 15) is 4.39 Å². The Labute approximate surface area is 148 Å². The molecule has 7 heteroatoms. The SMILES string of the molecule is Cc1sc2nc(-n3cccn3)nc(NCc3ccc(F)cc3)c2c1C. The number of rotatable bonds is 4. The van der Waals surface area contributed by atoms with E-state index in [0.29, 0.717) is 12.5 Å². The molecule has 0 saturated heterocycles. The monoisotopic (exact) mass is 353 g/mol. The predicted molar refractivity (Wildman–Crippen MR) is 97.7 cm³/mol. The molecule has 0 radical (unpaired) electrons. The molecule has 0 unspecified atom stereocenters. The van der Waals surface area contributed by atoms with Crippen LogP contribution in [-0.2, 0) is 6.54 Å². The van der Waals surface area contributed by atoms with Gasteiger partial charge < -0.3 is 5.32 Å². The van der Waals surface area contributed by atoms with Crippen LogP contribution in [0, 0.1) is 19.7 Å². The average molecular weight is 353 g/mol. The molecule has 0 bridgehead atoms. The summed E-state index contributed by atoms with van der Waals surface area (Å²) in [5.41, 5.74) is 2.16. The highest BCUT2D eigenvalue weighted by atomic mass is 32.1. The van der Waals surface area contributed by atoms with E-state index in [-0.39, 0.29) is 5.82 Å². The summed E-state index contributed by atoms with van der Waals surface area (Å²) in [4.78, 5) is 11.4. The number of halogens is 1. The maximum absolute atomic E-state index is 13.1. The molecule has 0 fully saturated rings. The topological polar surface area (TPSA) is 55.6 Å². The Morgan fingerprint density at radius 3 is 2.68 bits per heavy atom. The number of aromatic nitrogens is 4. The number of hydrogen-bond donors (Lipinski definition) is 1. The summed E-state index contributed by atoms with van der Waals surface area (Å²) < 4.78 is 14.7.